The second-order valence-electron chi connectivity index (χ2n) is 4.33. The lowest BCUT2D eigenvalue weighted by Crippen LogP contribution is -2.25. The van der Waals surface area contributed by atoms with Gasteiger partial charge in [-0.2, -0.15) is 0 Å². The van der Waals surface area contributed by atoms with Gasteiger partial charge in [0.15, 0.2) is 11.9 Å². The molecule has 1 aliphatic heterocycles. The van der Waals surface area contributed by atoms with Crippen LogP contribution in [-0.2, 0) is 16.1 Å². The molecule has 3 rings (SSSR count). The summed E-state index contributed by atoms with van der Waals surface area (Å²) in [5, 5.41) is 0.572. The van der Waals surface area contributed by atoms with E-state index in [4.69, 9.17) is 4.74 Å². The van der Waals surface area contributed by atoms with Gasteiger partial charge < -0.3 is 4.74 Å². The molecule has 1 atom stereocenters. The van der Waals surface area contributed by atoms with E-state index in [2.05, 4.69) is 4.98 Å². The average molecular weight is 244 g/mol. The zero-order chi connectivity index (χ0) is 12.7. The van der Waals surface area contributed by atoms with Gasteiger partial charge in [-0.25, -0.2) is 4.98 Å². The van der Waals surface area contributed by atoms with Crippen LogP contribution in [0.2, 0.25) is 0 Å². The molecule has 0 fully saturated rings. The van der Waals surface area contributed by atoms with Crippen molar-refractivity contribution >= 4 is 16.9 Å². The third-order valence-corrected chi connectivity index (χ3v) is 3.10. The predicted octanol–water partition coefficient (Wildman–Crippen LogP) is 1.40. The summed E-state index contributed by atoms with van der Waals surface area (Å²) in [7, 11) is 0. The van der Waals surface area contributed by atoms with E-state index >= 15 is 0 Å². The Labute approximate surface area is 103 Å². The first-order valence-corrected chi connectivity index (χ1v) is 5.86. The number of ether oxygens (including phenoxy) is 1. The van der Waals surface area contributed by atoms with Crippen LogP contribution in [0.15, 0.2) is 29.1 Å². The second kappa shape index (κ2) is 3.94. The first-order valence-electron chi connectivity index (χ1n) is 5.86. The maximum absolute atomic E-state index is 12.3. The van der Waals surface area contributed by atoms with E-state index in [-0.39, 0.29) is 17.9 Å². The molecule has 0 amide bonds. The summed E-state index contributed by atoms with van der Waals surface area (Å²) in [5.41, 5.74) is 0.527. The number of aromatic nitrogens is 2. The van der Waals surface area contributed by atoms with Gasteiger partial charge in [0.2, 0.25) is 0 Å². The van der Waals surface area contributed by atoms with Crippen molar-refractivity contribution in [2.75, 3.05) is 0 Å². The van der Waals surface area contributed by atoms with Gasteiger partial charge >= 0.3 is 5.97 Å². The summed E-state index contributed by atoms with van der Waals surface area (Å²) < 4.78 is 6.72. The van der Waals surface area contributed by atoms with Crippen molar-refractivity contribution in [2.45, 2.75) is 26.0 Å². The van der Waals surface area contributed by atoms with Crippen LogP contribution in [0.25, 0.3) is 10.9 Å². The molecule has 5 heteroatoms. The highest BCUT2D eigenvalue weighted by atomic mass is 16.5. The van der Waals surface area contributed by atoms with Crippen LogP contribution in [0.4, 0.5) is 0 Å². The highest BCUT2D eigenvalue weighted by Crippen LogP contribution is 2.20. The predicted molar refractivity (Wildman–Crippen MR) is 65.1 cm³/mol. The molecule has 0 bridgehead atoms. The van der Waals surface area contributed by atoms with Crippen molar-refractivity contribution in [1.29, 1.82) is 0 Å². The van der Waals surface area contributed by atoms with Crippen molar-refractivity contribution in [3.63, 3.8) is 0 Å². The Balaban J connectivity index is 2.33. The molecule has 92 valence electrons. The average Bonchev–Trinajstić information content (AvgIpc) is 2.50. The molecule has 1 unspecified atom stereocenters. The molecule has 2 aromatic rings. The van der Waals surface area contributed by atoms with E-state index < -0.39 is 6.10 Å². The van der Waals surface area contributed by atoms with E-state index in [1.165, 1.54) is 4.57 Å². The molecular weight excluding hydrogens is 232 g/mol. The Morgan fingerprint density at radius 1 is 1.33 bits per heavy atom. The van der Waals surface area contributed by atoms with Gasteiger partial charge in [-0.05, 0) is 19.1 Å². The molecular formula is C13H12N2O3. The van der Waals surface area contributed by atoms with Crippen LogP contribution in [0.5, 0.6) is 0 Å². The lowest BCUT2D eigenvalue weighted by molar-refractivity contribution is -0.148. The summed E-state index contributed by atoms with van der Waals surface area (Å²) >= 11 is 0. The minimum atomic E-state index is -0.489. The van der Waals surface area contributed by atoms with Gasteiger partial charge in [-0.1, -0.05) is 12.1 Å². The molecule has 0 aliphatic carbocycles. The van der Waals surface area contributed by atoms with Crippen LogP contribution in [0, 0.1) is 0 Å². The minimum absolute atomic E-state index is 0.110. The zero-order valence-corrected chi connectivity index (χ0v) is 9.92. The van der Waals surface area contributed by atoms with Crippen molar-refractivity contribution in [2.24, 2.45) is 0 Å². The Kier molecular flexibility index (Phi) is 2.40. The molecule has 0 spiro atoms. The van der Waals surface area contributed by atoms with E-state index in [1.54, 1.807) is 25.1 Å². The number of fused-ring (bicyclic) bond motifs is 2. The normalized spacial score (nSPS) is 19.2. The fourth-order valence-corrected chi connectivity index (χ4v) is 2.22. The van der Waals surface area contributed by atoms with Crippen LogP contribution in [-0.4, -0.2) is 15.5 Å². The Hall–Kier alpha value is -2.17. The number of carbonyl (C=O) groups excluding carboxylic acids is 1. The van der Waals surface area contributed by atoms with Gasteiger partial charge in [0, 0.05) is 6.54 Å². The number of hydrogen-bond donors (Lipinski definition) is 0. The largest absolute Gasteiger partial charge is 0.454 e. The molecule has 18 heavy (non-hydrogen) atoms. The molecule has 0 N–H and O–H groups in total. The van der Waals surface area contributed by atoms with Crippen molar-refractivity contribution < 1.29 is 9.53 Å². The molecule has 5 nitrogen and oxygen atoms in total. The van der Waals surface area contributed by atoms with E-state index in [9.17, 15) is 9.59 Å². The Morgan fingerprint density at radius 2 is 2.11 bits per heavy atom. The Bertz CT molecular complexity index is 690. The van der Waals surface area contributed by atoms with Gasteiger partial charge in [-0.3, -0.25) is 14.2 Å². The molecule has 1 aromatic carbocycles. The lowest BCUT2D eigenvalue weighted by atomic mass is 10.2. The zero-order valence-electron chi connectivity index (χ0n) is 9.92. The number of cyclic esters (lactones) is 1. The van der Waals surface area contributed by atoms with Gasteiger partial charge in [0.05, 0.1) is 17.3 Å². The van der Waals surface area contributed by atoms with Crippen LogP contribution in [0.3, 0.4) is 0 Å². The molecule has 1 aromatic heterocycles. The van der Waals surface area contributed by atoms with Crippen molar-refractivity contribution in [1.82, 2.24) is 9.55 Å². The molecule has 2 heterocycles. The summed E-state index contributed by atoms with van der Waals surface area (Å²) in [6, 6.07) is 7.17. The molecule has 0 saturated carbocycles. The summed E-state index contributed by atoms with van der Waals surface area (Å²) in [5.74, 6) is 0.223. The number of benzene rings is 1. The molecule has 0 radical (unpaired) electrons. The Morgan fingerprint density at radius 3 is 2.94 bits per heavy atom. The fourth-order valence-electron chi connectivity index (χ4n) is 2.22. The first-order chi connectivity index (χ1) is 8.66. The van der Waals surface area contributed by atoms with Crippen LogP contribution < -0.4 is 5.56 Å². The minimum Gasteiger partial charge on any atom is -0.454 e. The number of esters is 1. The first kappa shape index (κ1) is 11.0. The number of para-hydroxylation sites is 1. The smallest absolute Gasteiger partial charge is 0.308 e. The van der Waals surface area contributed by atoms with Gasteiger partial charge in [0.1, 0.15) is 0 Å². The molecule has 1 aliphatic rings. The monoisotopic (exact) mass is 244 g/mol. The van der Waals surface area contributed by atoms with Gasteiger partial charge in [0.25, 0.3) is 5.56 Å². The second-order valence-corrected chi connectivity index (χ2v) is 4.33. The quantitative estimate of drug-likeness (QED) is 0.657. The van der Waals surface area contributed by atoms with E-state index in [1.807, 2.05) is 6.07 Å². The maximum Gasteiger partial charge on any atom is 0.308 e. The number of nitrogens with zero attached hydrogens (tertiary/aromatic N) is 2. The summed E-state index contributed by atoms with van der Waals surface area (Å²) in [6.07, 6.45) is -0.283. The van der Waals surface area contributed by atoms with Crippen LogP contribution in [0.1, 0.15) is 25.3 Å². The number of carbonyl (C=O) groups is 1. The highest BCUT2D eigenvalue weighted by Gasteiger charge is 2.23. The van der Waals surface area contributed by atoms with E-state index in [0.29, 0.717) is 23.3 Å². The number of rotatable bonds is 0. The number of hydrogen-bond acceptors (Lipinski definition) is 4. The highest BCUT2D eigenvalue weighted by molar-refractivity contribution is 5.77. The SMILES string of the molecule is CC1OC(=O)CCn2c1nc1ccccc1c2=O. The third-order valence-electron chi connectivity index (χ3n) is 3.10. The fraction of sp³-hybridized carbons (Fsp3) is 0.308. The summed E-state index contributed by atoms with van der Waals surface area (Å²) in [6.45, 7) is 2.06. The summed E-state index contributed by atoms with van der Waals surface area (Å²) in [4.78, 5) is 28.2. The lowest BCUT2D eigenvalue weighted by Gasteiger charge is -2.13. The van der Waals surface area contributed by atoms with Crippen molar-refractivity contribution in [3.05, 3.63) is 40.4 Å². The van der Waals surface area contributed by atoms with E-state index in [0.717, 1.165) is 0 Å². The van der Waals surface area contributed by atoms with Crippen molar-refractivity contribution in [3.8, 4) is 0 Å². The maximum atomic E-state index is 12.3. The topological polar surface area (TPSA) is 61.2 Å². The molecule has 0 saturated heterocycles. The van der Waals surface area contributed by atoms with Crippen LogP contribution >= 0.6 is 0 Å². The standard InChI is InChI=1S/C13H12N2O3/c1-8-12-14-10-5-3-2-4-9(10)13(17)15(12)7-6-11(16)18-8/h2-5,8H,6-7H2,1H3. The third kappa shape index (κ3) is 1.59. The van der Waals surface area contributed by atoms with Gasteiger partial charge in [-0.15, -0.1) is 0 Å².